The highest BCUT2D eigenvalue weighted by atomic mass is 16.6. The molecule has 1 amide bonds. The fourth-order valence-corrected chi connectivity index (χ4v) is 4.92. The van der Waals surface area contributed by atoms with Gasteiger partial charge in [0.15, 0.2) is 0 Å². The summed E-state index contributed by atoms with van der Waals surface area (Å²) >= 11 is 0. The average Bonchev–Trinajstić information content (AvgIpc) is 2.82. The predicted molar refractivity (Wildman–Crippen MR) is 125 cm³/mol. The third-order valence-corrected chi connectivity index (χ3v) is 7.01. The summed E-state index contributed by atoms with van der Waals surface area (Å²) in [5.74, 6) is 0.0319. The van der Waals surface area contributed by atoms with Crippen LogP contribution in [0, 0.1) is 6.92 Å². The lowest BCUT2D eigenvalue weighted by Crippen LogP contribution is -2.59. The topological polar surface area (TPSA) is 131 Å². The van der Waals surface area contributed by atoms with E-state index in [0.29, 0.717) is 17.7 Å². The lowest BCUT2D eigenvalue weighted by molar-refractivity contribution is -0.250. The largest absolute Gasteiger partial charge is 0.394 e. The van der Waals surface area contributed by atoms with Crippen molar-refractivity contribution in [1.29, 1.82) is 0 Å². The second-order valence-corrected chi connectivity index (χ2v) is 9.52. The fourth-order valence-electron chi connectivity index (χ4n) is 4.92. The van der Waals surface area contributed by atoms with Crippen LogP contribution >= 0.6 is 0 Å². The van der Waals surface area contributed by atoms with Crippen LogP contribution in [0.4, 0.5) is 0 Å². The van der Waals surface area contributed by atoms with Crippen molar-refractivity contribution in [2.24, 2.45) is 0 Å². The molecule has 1 fully saturated rings. The van der Waals surface area contributed by atoms with Gasteiger partial charge in [-0.1, -0.05) is 30.3 Å². The number of carbonyl (C=O) groups is 1. The Balaban J connectivity index is 1.60. The molecule has 8 nitrogen and oxygen atoms in total. The van der Waals surface area contributed by atoms with Crippen molar-refractivity contribution < 1.29 is 35.1 Å². The molecule has 2 heterocycles. The molecule has 2 aliphatic rings. The van der Waals surface area contributed by atoms with Crippen molar-refractivity contribution in [2.45, 2.75) is 69.9 Å². The van der Waals surface area contributed by atoms with Crippen molar-refractivity contribution in [2.75, 3.05) is 13.2 Å². The van der Waals surface area contributed by atoms with Gasteiger partial charge in [0, 0.05) is 18.2 Å². The van der Waals surface area contributed by atoms with Crippen LogP contribution in [-0.2, 0) is 11.2 Å². The first kappa shape index (κ1) is 24.8. The number of aliphatic hydroxyl groups is 5. The number of hydrogen-bond acceptors (Lipinski definition) is 7. The van der Waals surface area contributed by atoms with Gasteiger partial charge in [0.25, 0.3) is 5.91 Å². The maximum atomic E-state index is 13.0. The number of benzene rings is 2. The number of aryl methyl sites for hydroxylation is 1. The van der Waals surface area contributed by atoms with Gasteiger partial charge in [-0.3, -0.25) is 4.79 Å². The monoisotopic (exact) mass is 471 g/mol. The Morgan fingerprint density at radius 3 is 2.35 bits per heavy atom. The minimum atomic E-state index is -1.55. The first-order chi connectivity index (χ1) is 16.1. The third kappa shape index (κ3) is 4.37. The average molecular weight is 472 g/mol. The smallest absolute Gasteiger partial charge is 0.254 e. The Morgan fingerprint density at radius 2 is 1.71 bits per heavy atom. The number of rotatable bonds is 5. The van der Waals surface area contributed by atoms with Crippen LogP contribution in [0.25, 0.3) is 11.1 Å². The van der Waals surface area contributed by atoms with Crippen LogP contribution < -0.4 is 0 Å². The third-order valence-electron chi connectivity index (χ3n) is 7.01. The van der Waals surface area contributed by atoms with E-state index in [1.807, 2.05) is 56.0 Å². The molecule has 5 N–H and O–H groups in total. The molecule has 0 aliphatic carbocycles. The Bertz CT molecular complexity index is 1050. The van der Waals surface area contributed by atoms with Gasteiger partial charge in [-0.25, -0.2) is 0 Å². The lowest BCUT2D eigenvalue weighted by atomic mass is 9.87. The van der Waals surface area contributed by atoms with Crippen molar-refractivity contribution in [1.82, 2.24) is 4.90 Å². The molecule has 1 saturated heterocycles. The van der Waals surface area contributed by atoms with Gasteiger partial charge >= 0.3 is 0 Å². The molecule has 0 bridgehead atoms. The number of carbonyl (C=O) groups excluding carboxylic acids is 1. The summed E-state index contributed by atoms with van der Waals surface area (Å²) in [6.45, 7) is 5.99. The molecular weight excluding hydrogens is 438 g/mol. The SMILES string of the molecule is Cc1cc(-c2ccc3c(c2)C(=O)N(C(C)C)CC3)ccc1[C@@H](O)[C@H]1O[C@H](CO)[C@@H](O)[C@H](O)[C@@H]1O. The van der Waals surface area contributed by atoms with Gasteiger partial charge in [0.2, 0.25) is 0 Å². The lowest BCUT2D eigenvalue weighted by Gasteiger charge is -2.42. The Kier molecular flexibility index (Phi) is 7.09. The van der Waals surface area contributed by atoms with E-state index in [4.69, 9.17) is 4.74 Å². The maximum absolute atomic E-state index is 13.0. The summed E-state index contributed by atoms with van der Waals surface area (Å²) in [6, 6.07) is 11.5. The Labute approximate surface area is 199 Å². The summed E-state index contributed by atoms with van der Waals surface area (Å²) < 4.78 is 5.52. The van der Waals surface area contributed by atoms with Gasteiger partial charge in [-0.05, 0) is 61.1 Å². The quantitative estimate of drug-likeness (QED) is 0.439. The molecule has 34 heavy (non-hydrogen) atoms. The first-order valence-corrected chi connectivity index (χ1v) is 11.7. The number of nitrogens with zero attached hydrogens (tertiary/aromatic N) is 1. The van der Waals surface area contributed by atoms with E-state index in [-0.39, 0.29) is 11.9 Å². The van der Waals surface area contributed by atoms with Crippen LogP contribution in [0.5, 0.6) is 0 Å². The van der Waals surface area contributed by atoms with E-state index in [1.54, 1.807) is 6.07 Å². The van der Waals surface area contributed by atoms with Crippen LogP contribution in [0.2, 0.25) is 0 Å². The first-order valence-electron chi connectivity index (χ1n) is 11.7. The molecule has 0 unspecified atom stereocenters. The number of fused-ring (bicyclic) bond motifs is 1. The van der Waals surface area contributed by atoms with Gasteiger partial charge < -0.3 is 35.2 Å². The summed E-state index contributed by atoms with van der Waals surface area (Å²) in [6.07, 6.45) is -7.33. The standard InChI is InChI=1S/C26H33NO7/c1-13(2)27-9-8-15-4-5-17(11-19(15)26(27)33)16-6-7-18(14(3)10-16)21(29)25-24(32)23(31)22(30)20(12-28)34-25/h4-7,10-11,13,20-25,28-32H,8-9,12H2,1-3H3/t20-,21-,22-,23+,24+,25-/m1/s1. The Morgan fingerprint density at radius 1 is 1.03 bits per heavy atom. The maximum Gasteiger partial charge on any atom is 0.254 e. The summed E-state index contributed by atoms with van der Waals surface area (Å²) in [4.78, 5) is 14.8. The molecular formula is C26H33NO7. The summed E-state index contributed by atoms with van der Waals surface area (Å²) in [7, 11) is 0. The van der Waals surface area contributed by atoms with Gasteiger partial charge in [0.1, 0.15) is 36.6 Å². The van der Waals surface area contributed by atoms with Gasteiger partial charge in [0.05, 0.1) is 6.61 Å². The van der Waals surface area contributed by atoms with E-state index in [9.17, 15) is 30.3 Å². The predicted octanol–water partition coefficient (Wildman–Crippen LogP) is 0.945. The molecule has 6 atom stereocenters. The minimum Gasteiger partial charge on any atom is -0.394 e. The van der Waals surface area contributed by atoms with E-state index in [2.05, 4.69) is 0 Å². The highest BCUT2D eigenvalue weighted by molar-refractivity contribution is 5.98. The second-order valence-electron chi connectivity index (χ2n) is 9.52. The molecule has 4 rings (SSSR count). The van der Waals surface area contributed by atoms with Crippen LogP contribution in [-0.4, -0.2) is 86.1 Å². The molecule has 0 aromatic heterocycles. The normalized spacial score (nSPS) is 28.2. The second kappa shape index (κ2) is 9.73. The molecule has 0 radical (unpaired) electrons. The van der Waals surface area contributed by atoms with Crippen LogP contribution in [0.1, 0.15) is 47.0 Å². The van der Waals surface area contributed by atoms with E-state index < -0.39 is 43.2 Å². The van der Waals surface area contributed by atoms with Crippen LogP contribution in [0.3, 0.4) is 0 Å². The van der Waals surface area contributed by atoms with Crippen LogP contribution in [0.15, 0.2) is 36.4 Å². The summed E-state index contributed by atoms with van der Waals surface area (Å²) in [5.41, 5.74) is 4.73. The minimum absolute atomic E-state index is 0.0319. The van der Waals surface area contributed by atoms with Gasteiger partial charge in [-0.15, -0.1) is 0 Å². The highest BCUT2D eigenvalue weighted by Crippen LogP contribution is 2.34. The number of amides is 1. The van der Waals surface area contributed by atoms with Crippen molar-refractivity contribution in [3.05, 3.63) is 58.7 Å². The molecule has 0 spiro atoms. The van der Waals surface area contributed by atoms with Gasteiger partial charge in [-0.2, -0.15) is 0 Å². The zero-order valence-electron chi connectivity index (χ0n) is 19.6. The number of aliphatic hydroxyl groups excluding tert-OH is 5. The highest BCUT2D eigenvalue weighted by Gasteiger charge is 2.46. The molecule has 0 saturated carbocycles. The zero-order chi connectivity index (χ0) is 24.7. The van der Waals surface area contributed by atoms with Crippen molar-refractivity contribution in [3.63, 3.8) is 0 Å². The summed E-state index contributed by atoms with van der Waals surface area (Å²) in [5, 5.41) is 50.8. The number of hydrogen-bond donors (Lipinski definition) is 5. The van der Waals surface area contributed by atoms with E-state index >= 15 is 0 Å². The molecule has 2 aromatic rings. The Hall–Kier alpha value is -2.33. The molecule has 2 aliphatic heterocycles. The van der Waals surface area contributed by atoms with Crippen molar-refractivity contribution in [3.8, 4) is 11.1 Å². The fraction of sp³-hybridized carbons (Fsp3) is 0.500. The van der Waals surface area contributed by atoms with E-state index in [1.165, 1.54) is 0 Å². The zero-order valence-corrected chi connectivity index (χ0v) is 19.6. The molecule has 184 valence electrons. The molecule has 2 aromatic carbocycles. The van der Waals surface area contributed by atoms with Crippen molar-refractivity contribution >= 4 is 5.91 Å². The number of ether oxygens (including phenoxy) is 1. The van der Waals surface area contributed by atoms with E-state index in [0.717, 1.165) is 28.7 Å². The molecule has 8 heteroatoms.